The smallest absolute Gasteiger partial charge is 0.145 e. The molecule has 1 aromatic carbocycles. The molecule has 0 unspecified atom stereocenters. The molecule has 0 saturated carbocycles. The molecule has 2 aromatic rings. The second-order valence-electron chi connectivity index (χ2n) is 5.38. The summed E-state index contributed by atoms with van der Waals surface area (Å²) in [6, 6.07) is 10.4. The van der Waals surface area contributed by atoms with E-state index in [0.717, 1.165) is 49.2 Å². The summed E-state index contributed by atoms with van der Waals surface area (Å²) < 4.78 is 5.32. The summed E-state index contributed by atoms with van der Waals surface area (Å²) in [7, 11) is 0. The third kappa shape index (κ3) is 5.37. The molecule has 0 saturated heterocycles. The maximum absolute atomic E-state index is 5.32. The van der Waals surface area contributed by atoms with Gasteiger partial charge in [-0.05, 0) is 18.4 Å². The van der Waals surface area contributed by atoms with Crippen molar-refractivity contribution in [2.75, 3.05) is 25.1 Å². The fourth-order valence-corrected chi connectivity index (χ4v) is 3.18. The lowest BCUT2D eigenvalue weighted by atomic mass is 10.1. The van der Waals surface area contributed by atoms with Crippen LogP contribution in [0.15, 0.2) is 59.4 Å². The van der Waals surface area contributed by atoms with Crippen LogP contribution < -0.4 is 5.32 Å². The van der Waals surface area contributed by atoms with Crippen LogP contribution in [-0.4, -0.2) is 29.7 Å². The van der Waals surface area contributed by atoms with Crippen molar-refractivity contribution >= 4 is 17.6 Å². The van der Waals surface area contributed by atoms with E-state index in [1.807, 2.05) is 12.3 Å². The van der Waals surface area contributed by atoms with Crippen molar-refractivity contribution in [1.82, 2.24) is 9.97 Å². The maximum Gasteiger partial charge on any atom is 0.145 e. The molecule has 0 radical (unpaired) electrons. The van der Waals surface area contributed by atoms with E-state index in [0.29, 0.717) is 0 Å². The zero-order valence-corrected chi connectivity index (χ0v) is 13.9. The number of nitrogens with zero attached hydrogens (tertiary/aromatic N) is 2. The minimum atomic E-state index is 0.751. The third-order valence-electron chi connectivity index (χ3n) is 3.65. The Balaban J connectivity index is 1.48. The van der Waals surface area contributed by atoms with Gasteiger partial charge in [0.25, 0.3) is 0 Å². The fourth-order valence-electron chi connectivity index (χ4n) is 2.38. The number of rotatable bonds is 7. The third-order valence-corrected chi connectivity index (χ3v) is 4.62. The van der Waals surface area contributed by atoms with Crippen molar-refractivity contribution in [3.05, 3.63) is 59.9 Å². The lowest BCUT2D eigenvalue weighted by molar-refractivity contribution is 0.153. The Bertz CT molecular complexity index is 646. The lowest BCUT2D eigenvalue weighted by Gasteiger charge is -2.14. The van der Waals surface area contributed by atoms with E-state index >= 15 is 0 Å². The average Bonchev–Trinajstić information content (AvgIpc) is 2.62. The summed E-state index contributed by atoms with van der Waals surface area (Å²) >= 11 is 1.71. The summed E-state index contributed by atoms with van der Waals surface area (Å²) in [6.45, 7) is 2.48. The minimum absolute atomic E-state index is 0.751. The summed E-state index contributed by atoms with van der Waals surface area (Å²) in [5, 5.41) is 4.31. The Morgan fingerprint density at radius 2 is 2.09 bits per heavy atom. The number of ether oxygens (including phenoxy) is 1. The van der Waals surface area contributed by atoms with Crippen LogP contribution in [0, 0.1) is 0 Å². The number of aromatic nitrogens is 2. The van der Waals surface area contributed by atoms with Gasteiger partial charge in [-0.25, -0.2) is 4.98 Å². The van der Waals surface area contributed by atoms with E-state index in [1.54, 1.807) is 18.0 Å². The Morgan fingerprint density at radius 1 is 1.17 bits per heavy atom. The van der Waals surface area contributed by atoms with Crippen molar-refractivity contribution in [2.24, 2.45) is 0 Å². The van der Waals surface area contributed by atoms with Crippen LogP contribution >= 0.6 is 11.8 Å². The Hall–Kier alpha value is -1.85. The topological polar surface area (TPSA) is 47.0 Å². The van der Waals surface area contributed by atoms with E-state index in [4.69, 9.17) is 4.74 Å². The molecular weight excluding hydrogens is 306 g/mol. The molecular formula is C18H21N3OS. The van der Waals surface area contributed by atoms with Gasteiger partial charge in [0.2, 0.25) is 0 Å². The van der Waals surface area contributed by atoms with Crippen molar-refractivity contribution in [3.63, 3.8) is 0 Å². The highest BCUT2D eigenvalue weighted by molar-refractivity contribution is 7.98. The van der Waals surface area contributed by atoms with E-state index in [1.165, 1.54) is 11.1 Å². The molecule has 120 valence electrons. The molecule has 0 spiro atoms. The highest BCUT2D eigenvalue weighted by Crippen LogP contribution is 2.21. The second-order valence-corrected chi connectivity index (χ2v) is 6.38. The quantitative estimate of drug-likeness (QED) is 0.617. The molecule has 1 aromatic heterocycles. The Morgan fingerprint density at radius 3 is 2.91 bits per heavy atom. The molecule has 0 atom stereocenters. The SMILES string of the molecule is C1=C(CCNc2cncc(SCc3ccccc3)n2)CCOC1. The van der Waals surface area contributed by atoms with Crippen molar-refractivity contribution in [1.29, 1.82) is 0 Å². The number of hydrogen-bond donors (Lipinski definition) is 1. The maximum atomic E-state index is 5.32. The summed E-state index contributed by atoms with van der Waals surface area (Å²) in [5.41, 5.74) is 2.76. The normalized spacial score (nSPS) is 14.3. The first-order chi connectivity index (χ1) is 11.4. The molecule has 1 aliphatic rings. The first kappa shape index (κ1) is 16.0. The van der Waals surface area contributed by atoms with Crippen LogP contribution in [0.4, 0.5) is 5.82 Å². The fraction of sp³-hybridized carbons (Fsp3) is 0.333. The molecule has 1 aliphatic heterocycles. The molecule has 0 aliphatic carbocycles. The van der Waals surface area contributed by atoms with Gasteiger partial charge in [-0.1, -0.05) is 42.0 Å². The van der Waals surface area contributed by atoms with Crippen LogP contribution in [0.2, 0.25) is 0 Å². The van der Waals surface area contributed by atoms with Gasteiger partial charge in [0, 0.05) is 12.3 Å². The lowest BCUT2D eigenvalue weighted by Crippen LogP contribution is -2.09. The number of anilines is 1. The Labute approximate surface area is 141 Å². The van der Waals surface area contributed by atoms with Crippen LogP contribution in [0.25, 0.3) is 0 Å². The number of benzene rings is 1. The molecule has 4 nitrogen and oxygen atoms in total. The van der Waals surface area contributed by atoms with E-state index in [-0.39, 0.29) is 0 Å². The van der Waals surface area contributed by atoms with Gasteiger partial charge in [0.05, 0.1) is 25.6 Å². The molecule has 0 bridgehead atoms. The van der Waals surface area contributed by atoms with Crippen LogP contribution in [0.3, 0.4) is 0 Å². The summed E-state index contributed by atoms with van der Waals surface area (Å²) in [6.07, 6.45) is 7.86. The summed E-state index contributed by atoms with van der Waals surface area (Å²) in [4.78, 5) is 8.90. The van der Waals surface area contributed by atoms with Crippen molar-refractivity contribution in [3.8, 4) is 0 Å². The minimum Gasteiger partial charge on any atom is -0.377 e. The van der Waals surface area contributed by atoms with Gasteiger partial charge < -0.3 is 10.1 Å². The Kier molecular flexibility index (Phi) is 6.06. The predicted molar refractivity (Wildman–Crippen MR) is 94.7 cm³/mol. The largest absolute Gasteiger partial charge is 0.377 e. The predicted octanol–water partition coefficient (Wildman–Crippen LogP) is 3.92. The molecule has 0 fully saturated rings. The average molecular weight is 327 g/mol. The van der Waals surface area contributed by atoms with Crippen LogP contribution in [0.5, 0.6) is 0 Å². The summed E-state index contributed by atoms with van der Waals surface area (Å²) in [5.74, 6) is 1.75. The van der Waals surface area contributed by atoms with Crippen LogP contribution in [0.1, 0.15) is 18.4 Å². The van der Waals surface area contributed by atoms with Gasteiger partial charge in [-0.2, -0.15) is 0 Å². The standard InChI is InChI=1S/C18H21N3OS/c1-2-4-16(5-3-1)14-23-18-13-19-12-17(21-18)20-9-6-15-7-10-22-11-8-15/h1-5,7,12-13H,6,8-11,14H2,(H,20,21). The van der Waals surface area contributed by atoms with Crippen LogP contribution in [-0.2, 0) is 10.5 Å². The van der Waals surface area contributed by atoms with Gasteiger partial charge >= 0.3 is 0 Å². The van der Waals surface area contributed by atoms with Crippen molar-refractivity contribution < 1.29 is 4.74 Å². The van der Waals surface area contributed by atoms with Crippen molar-refractivity contribution in [2.45, 2.75) is 23.6 Å². The number of hydrogen-bond acceptors (Lipinski definition) is 5. The molecule has 3 rings (SSSR count). The van der Waals surface area contributed by atoms with E-state index in [2.05, 4.69) is 45.6 Å². The molecule has 2 heterocycles. The monoisotopic (exact) mass is 327 g/mol. The van der Waals surface area contributed by atoms with Gasteiger partial charge in [0.1, 0.15) is 10.8 Å². The number of nitrogens with one attached hydrogen (secondary N) is 1. The number of thioether (sulfide) groups is 1. The highest BCUT2D eigenvalue weighted by atomic mass is 32.2. The van der Waals surface area contributed by atoms with E-state index in [9.17, 15) is 0 Å². The van der Waals surface area contributed by atoms with Gasteiger partial charge in [-0.3, -0.25) is 4.98 Å². The molecule has 23 heavy (non-hydrogen) atoms. The second kappa shape index (κ2) is 8.70. The molecule has 5 heteroatoms. The van der Waals surface area contributed by atoms with Gasteiger partial charge in [-0.15, -0.1) is 11.8 Å². The van der Waals surface area contributed by atoms with Gasteiger partial charge in [0.15, 0.2) is 0 Å². The first-order valence-electron chi connectivity index (χ1n) is 7.88. The zero-order valence-electron chi connectivity index (χ0n) is 13.1. The molecule has 0 amide bonds. The first-order valence-corrected chi connectivity index (χ1v) is 8.87. The zero-order chi connectivity index (χ0) is 15.7. The highest BCUT2D eigenvalue weighted by Gasteiger charge is 2.04. The van der Waals surface area contributed by atoms with E-state index < -0.39 is 0 Å². The molecule has 1 N–H and O–H groups in total.